The summed E-state index contributed by atoms with van der Waals surface area (Å²) in [5.41, 5.74) is -0.621. The summed E-state index contributed by atoms with van der Waals surface area (Å²) in [5.74, 6) is -0.620. The van der Waals surface area contributed by atoms with Crippen molar-refractivity contribution in [3.63, 3.8) is 0 Å². The normalized spacial score (nSPS) is 13.4. The number of benzene rings is 1. The van der Waals surface area contributed by atoms with Gasteiger partial charge in [-0.15, -0.1) is 0 Å². The van der Waals surface area contributed by atoms with Crippen molar-refractivity contribution in [2.24, 2.45) is 5.41 Å². The van der Waals surface area contributed by atoms with Crippen LogP contribution in [-0.2, 0) is 19.6 Å². The standard InChI is InChI=1S/C15H20N2O5S/c1-11(15(2,3)10-16)22-14(18)12-6-8-13(9-7-12)23(19,20)17(4)21-5/h6-9,11H,1-5H3. The van der Waals surface area contributed by atoms with Crippen molar-refractivity contribution >= 4 is 16.0 Å². The van der Waals surface area contributed by atoms with E-state index in [9.17, 15) is 13.2 Å². The highest BCUT2D eigenvalue weighted by atomic mass is 32.2. The lowest BCUT2D eigenvalue weighted by Crippen LogP contribution is -2.30. The van der Waals surface area contributed by atoms with Crippen LogP contribution < -0.4 is 0 Å². The zero-order valence-corrected chi connectivity index (χ0v) is 14.5. The summed E-state index contributed by atoms with van der Waals surface area (Å²) < 4.78 is 30.0. The van der Waals surface area contributed by atoms with Crippen molar-refractivity contribution in [3.8, 4) is 6.07 Å². The first-order valence-electron chi connectivity index (χ1n) is 6.81. The van der Waals surface area contributed by atoms with Crippen LogP contribution in [0.15, 0.2) is 29.2 Å². The molecule has 1 unspecified atom stereocenters. The van der Waals surface area contributed by atoms with E-state index in [2.05, 4.69) is 10.9 Å². The van der Waals surface area contributed by atoms with Gasteiger partial charge in [-0.1, -0.05) is 4.47 Å². The van der Waals surface area contributed by atoms with Crippen LogP contribution in [0, 0.1) is 16.7 Å². The molecule has 8 heteroatoms. The van der Waals surface area contributed by atoms with Crippen molar-refractivity contribution in [1.82, 2.24) is 4.47 Å². The second-order valence-corrected chi connectivity index (χ2v) is 7.44. The van der Waals surface area contributed by atoms with Crippen LogP contribution in [0.5, 0.6) is 0 Å². The highest BCUT2D eigenvalue weighted by Crippen LogP contribution is 2.23. The quantitative estimate of drug-likeness (QED) is 0.580. The minimum atomic E-state index is -3.77. The molecule has 0 aliphatic rings. The van der Waals surface area contributed by atoms with Crippen molar-refractivity contribution in [3.05, 3.63) is 29.8 Å². The van der Waals surface area contributed by atoms with Crippen LogP contribution in [0.4, 0.5) is 0 Å². The molecule has 1 atom stereocenters. The van der Waals surface area contributed by atoms with Crippen LogP contribution >= 0.6 is 0 Å². The number of hydroxylamine groups is 1. The number of hydrogen-bond acceptors (Lipinski definition) is 6. The Kier molecular flexibility index (Phi) is 5.88. The Balaban J connectivity index is 2.94. The summed E-state index contributed by atoms with van der Waals surface area (Å²) in [5, 5.41) is 9.02. The molecule has 0 radical (unpaired) electrons. The number of carbonyl (C=O) groups is 1. The third-order valence-corrected chi connectivity index (χ3v) is 5.27. The van der Waals surface area contributed by atoms with Crippen LogP contribution in [-0.4, -0.2) is 39.1 Å². The number of nitrogens with zero attached hydrogens (tertiary/aromatic N) is 2. The molecule has 0 saturated carbocycles. The molecular weight excluding hydrogens is 320 g/mol. The molecule has 7 nitrogen and oxygen atoms in total. The maximum Gasteiger partial charge on any atom is 0.338 e. The molecule has 0 aliphatic carbocycles. The maximum absolute atomic E-state index is 12.1. The number of carbonyl (C=O) groups excluding carboxylic acids is 1. The summed E-state index contributed by atoms with van der Waals surface area (Å²) in [6.45, 7) is 4.97. The Hall–Kier alpha value is -1.95. The molecule has 0 spiro atoms. The van der Waals surface area contributed by atoms with Crippen LogP contribution in [0.3, 0.4) is 0 Å². The van der Waals surface area contributed by atoms with Gasteiger partial charge in [0.25, 0.3) is 10.0 Å². The van der Waals surface area contributed by atoms with Crippen LogP contribution in [0.1, 0.15) is 31.1 Å². The first-order valence-corrected chi connectivity index (χ1v) is 8.25. The third-order valence-electron chi connectivity index (χ3n) is 3.57. The number of nitriles is 1. The fourth-order valence-corrected chi connectivity index (χ4v) is 2.45. The molecule has 1 aromatic rings. The van der Waals surface area contributed by atoms with E-state index in [0.717, 1.165) is 4.47 Å². The third kappa shape index (κ3) is 4.28. The minimum absolute atomic E-state index is 0.0104. The van der Waals surface area contributed by atoms with Crippen LogP contribution in [0.25, 0.3) is 0 Å². The Labute approximate surface area is 136 Å². The molecule has 126 valence electrons. The molecule has 0 N–H and O–H groups in total. The Morgan fingerprint density at radius 2 is 1.83 bits per heavy atom. The average Bonchev–Trinajstić information content (AvgIpc) is 2.53. The van der Waals surface area contributed by atoms with Gasteiger partial charge in [0.05, 0.1) is 29.1 Å². The summed E-state index contributed by atoms with van der Waals surface area (Å²) in [7, 11) is -1.26. The highest BCUT2D eigenvalue weighted by molar-refractivity contribution is 7.89. The van der Waals surface area contributed by atoms with Gasteiger partial charge in [0.1, 0.15) is 6.10 Å². The van der Waals surface area contributed by atoms with Crippen LogP contribution in [0.2, 0.25) is 0 Å². The van der Waals surface area contributed by atoms with Gasteiger partial charge >= 0.3 is 5.97 Å². The lowest BCUT2D eigenvalue weighted by Gasteiger charge is -2.24. The van der Waals surface area contributed by atoms with Crippen molar-refractivity contribution in [2.75, 3.05) is 14.2 Å². The first-order chi connectivity index (χ1) is 10.6. The first kappa shape index (κ1) is 19.1. The molecule has 0 fully saturated rings. The van der Waals surface area contributed by atoms with Gasteiger partial charge < -0.3 is 4.74 Å². The van der Waals surface area contributed by atoms with Gasteiger partial charge in [0.15, 0.2) is 0 Å². The Bertz CT molecular complexity index is 704. The smallest absolute Gasteiger partial charge is 0.338 e. The van der Waals surface area contributed by atoms with E-state index in [0.29, 0.717) is 0 Å². The molecule has 1 aromatic carbocycles. The van der Waals surface area contributed by atoms with Gasteiger partial charge in [-0.25, -0.2) is 13.2 Å². The molecule has 23 heavy (non-hydrogen) atoms. The number of rotatable bonds is 6. The summed E-state index contributed by atoms with van der Waals surface area (Å²) in [4.78, 5) is 16.7. The topological polar surface area (TPSA) is 96.7 Å². The van der Waals surface area contributed by atoms with Gasteiger partial charge in [-0.05, 0) is 45.0 Å². The molecule has 1 rings (SSSR count). The molecular formula is C15H20N2O5S. The van der Waals surface area contributed by atoms with E-state index in [1.54, 1.807) is 20.8 Å². The Morgan fingerprint density at radius 3 is 2.26 bits per heavy atom. The SMILES string of the molecule is CON(C)S(=O)(=O)c1ccc(C(=O)OC(C)C(C)(C)C#N)cc1. The Morgan fingerprint density at radius 1 is 1.30 bits per heavy atom. The average molecular weight is 340 g/mol. The maximum atomic E-state index is 12.1. The van der Waals surface area contributed by atoms with Gasteiger partial charge in [0, 0.05) is 7.05 Å². The molecule has 0 bridgehead atoms. The van der Waals surface area contributed by atoms with Gasteiger partial charge in [-0.2, -0.15) is 5.26 Å². The predicted octanol–water partition coefficient (Wildman–Crippen LogP) is 1.96. The number of ether oxygens (including phenoxy) is 1. The minimum Gasteiger partial charge on any atom is -0.457 e. The lowest BCUT2D eigenvalue weighted by atomic mass is 9.89. The van der Waals surface area contributed by atoms with E-state index >= 15 is 0 Å². The van der Waals surface area contributed by atoms with E-state index in [1.807, 2.05) is 0 Å². The van der Waals surface area contributed by atoms with Crippen molar-refractivity contribution in [2.45, 2.75) is 31.8 Å². The van der Waals surface area contributed by atoms with E-state index in [4.69, 9.17) is 10.00 Å². The van der Waals surface area contributed by atoms with Gasteiger partial charge in [-0.3, -0.25) is 4.84 Å². The predicted molar refractivity (Wildman–Crippen MR) is 82.7 cm³/mol. The highest BCUT2D eigenvalue weighted by Gasteiger charge is 2.29. The van der Waals surface area contributed by atoms with E-state index in [-0.39, 0.29) is 10.5 Å². The summed E-state index contributed by atoms with van der Waals surface area (Å²) in [6, 6.07) is 7.36. The lowest BCUT2D eigenvalue weighted by molar-refractivity contribution is -0.0258. The zero-order chi connectivity index (χ0) is 17.8. The molecule has 0 saturated heterocycles. The second kappa shape index (κ2) is 7.08. The fourth-order valence-electron chi connectivity index (χ4n) is 1.48. The molecule has 0 heterocycles. The monoisotopic (exact) mass is 340 g/mol. The largest absolute Gasteiger partial charge is 0.457 e. The summed E-state index contributed by atoms with van der Waals surface area (Å²) in [6.07, 6.45) is -0.608. The fraction of sp³-hybridized carbons (Fsp3) is 0.467. The van der Waals surface area contributed by atoms with Crippen molar-refractivity contribution in [1.29, 1.82) is 5.26 Å². The van der Waals surface area contributed by atoms with Crippen molar-refractivity contribution < 1.29 is 22.8 Å². The number of hydrogen-bond donors (Lipinski definition) is 0. The number of esters is 1. The summed E-state index contributed by atoms with van der Waals surface area (Å²) >= 11 is 0. The van der Waals surface area contributed by atoms with E-state index < -0.39 is 27.5 Å². The molecule has 0 amide bonds. The zero-order valence-electron chi connectivity index (χ0n) is 13.7. The van der Waals surface area contributed by atoms with E-state index in [1.165, 1.54) is 38.4 Å². The second-order valence-electron chi connectivity index (χ2n) is 5.50. The number of sulfonamides is 1. The molecule has 0 aromatic heterocycles. The molecule has 0 aliphatic heterocycles. The van der Waals surface area contributed by atoms with Gasteiger partial charge in [0.2, 0.25) is 0 Å².